The molecule has 0 aliphatic heterocycles. The summed E-state index contributed by atoms with van der Waals surface area (Å²) >= 11 is 1.21. The highest BCUT2D eigenvalue weighted by atomic mass is 32.2. The number of unbranched alkanes of at least 4 members (excludes halogenated alkanes) is 15. The van der Waals surface area contributed by atoms with Gasteiger partial charge in [0, 0.05) is 23.8 Å². The number of carboxylic acid groups (broad SMARTS) is 1. The SMILES string of the molecule is CCCCC/C=C\C\C=C/C=C/C=C/[C@@H](SC[C@H](N)C(=O)OC[C@H](COP(=O)(O)O)OC(=O)CCCCCCCCCCCCCCCC(C)C)[C@@H](O)CCCC(=O)O. The summed E-state index contributed by atoms with van der Waals surface area (Å²) in [7, 11) is -4.89. The number of hydrogen-bond donors (Lipinski definition) is 5. The summed E-state index contributed by atoms with van der Waals surface area (Å²) in [5.74, 6) is -1.54. The second-order valence-corrected chi connectivity index (χ2v) is 18.2. The maximum atomic E-state index is 12.8. The highest BCUT2D eigenvalue weighted by Crippen LogP contribution is 2.36. The first-order chi connectivity index (χ1) is 28.2. The Morgan fingerprint density at radius 3 is 1.93 bits per heavy atom. The van der Waals surface area contributed by atoms with E-state index in [1.165, 1.54) is 95.2 Å². The van der Waals surface area contributed by atoms with E-state index in [9.17, 15) is 33.8 Å². The van der Waals surface area contributed by atoms with E-state index in [4.69, 9.17) is 20.3 Å². The second-order valence-electron chi connectivity index (χ2n) is 15.7. The molecule has 0 aromatic rings. The van der Waals surface area contributed by atoms with Crippen LogP contribution in [0.5, 0.6) is 0 Å². The summed E-state index contributed by atoms with van der Waals surface area (Å²) in [5.41, 5.74) is 6.11. The van der Waals surface area contributed by atoms with E-state index in [0.717, 1.165) is 38.0 Å². The number of carbonyl (C=O) groups is 3. The number of ether oxygens (including phenoxy) is 2. The number of thioether (sulfide) groups is 1. The number of rotatable bonds is 40. The zero-order chi connectivity index (χ0) is 44.0. The Bertz CT molecular complexity index is 1240. The van der Waals surface area contributed by atoms with Crippen LogP contribution in [0.4, 0.5) is 0 Å². The first-order valence-corrected chi connectivity index (χ1v) is 24.8. The molecule has 0 aromatic carbocycles. The molecule has 0 fully saturated rings. The number of allylic oxidation sites excluding steroid dienone is 7. The molecule has 0 amide bonds. The molecule has 4 atom stereocenters. The fourth-order valence-electron chi connectivity index (χ4n) is 6.06. The number of esters is 2. The van der Waals surface area contributed by atoms with Crippen molar-refractivity contribution in [2.24, 2.45) is 11.7 Å². The third kappa shape index (κ3) is 39.6. The maximum absolute atomic E-state index is 12.8. The number of aliphatic carboxylic acids is 1. The second kappa shape index (κ2) is 38.7. The van der Waals surface area contributed by atoms with Crippen molar-refractivity contribution in [1.82, 2.24) is 0 Å². The highest BCUT2D eigenvalue weighted by molar-refractivity contribution is 8.00. The normalized spacial score (nSPS) is 14.5. The molecule has 0 aliphatic rings. The predicted molar refractivity (Wildman–Crippen MR) is 240 cm³/mol. The average Bonchev–Trinajstić information content (AvgIpc) is 3.17. The third-order valence-corrected chi connectivity index (χ3v) is 11.4. The summed E-state index contributed by atoms with van der Waals surface area (Å²) in [6, 6.07) is -1.14. The lowest BCUT2D eigenvalue weighted by Gasteiger charge is -2.22. The molecule has 0 unspecified atom stereocenters. The molecule has 0 aromatic heterocycles. The smallest absolute Gasteiger partial charge is 0.469 e. The van der Waals surface area contributed by atoms with Gasteiger partial charge >= 0.3 is 25.7 Å². The average molecular weight is 874 g/mol. The van der Waals surface area contributed by atoms with Gasteiger partial charge in [-0.1, -0.05) is 166 Å². The zero-order valence-corrected chi connectivity index (χ0v) is 38.2. The van der Waals surface area contributed by atoms with Gasteiger partial charge in [0.05, 0.1) is 12.7 Å². The van der Waals surface area contributed by atoms with Crippen LogP contribution in [0, 0.1) is 5.92 Å². The van der Waals surface area contributed by atoms with E-state index in [1.807, 2.05) is 24.3 Å². The fraction of sp³-hybridized carbons (Fsp3) is 0.756. The van der Waals surface area contributed by atoms with Crippen molar-refractivity contribution >= 4 is 37.5 Å². The van der Waals surface area contributed by atoms with Crippen LogP contribution in [0.2, 0.25) is 0 Å². The Kier molecular flexibility index (Phi) is 37.2. The van der Waals surface area contributed by atoms with Crippen LogP contribution >= 0.6 is 19.6 Å². The fourth-order valence-corrected chi connectivity index (χ4v) is 7.54. The number of aliphatic hydroxyl groups excluding tert-OH is 1. The zero-order valence-electron chi connectivity index (χ0n) is 36.5. The van der Waals surface area contributed by atoms with Gasteiger partial charge in [-0.05, 0) is 44.4 Å². The van der Waals surface area contributed by atoms with Crippen molar-refractivity contribution in [1.29, 1.82) is 0 Å². The van der Waals surface area contributed by atoms with Crippen molar-refractivity contribution in [3.8, 4) is 0 Å². The minimum atomic E-state index is -4.89. The van der Waals surface area contributed by atoms with E-state index in [0.29, 0.717) is 6.42 Å². The van der Waals surface area contributed by atoms with Gasteiger partial charge in [0.25, 0.3) is 0 Å². The van der Waals surface area contributed by atoms with Crippen LogP contribution in [0.25, 0.3) is 0 Å². The van der Waals surface area contributed by atoms with E-state index in [2.05, 4.69) is 37.4 Å². The number of phosphoric ester groups is 1. The minimum Gasteiger partial charge on any atom is -0.481 e. The minimum absolute atomic E-state index is 0.0418. The molecule has 0 saturated carbocycles. The number of aliphatic hydroxyl groups is 1. The number of hydrogen-bond acceptors (Lipinski definition) is 10. The van der Waals surface area contributed by atoms with Crippen LogP contribution in [0.3, 0.4) is 0 Å². The van der Waals surface area contributed by atoms with Gasteiger partial charge in [-0.3, -0.25) is 18.9 Å². The van der Waals surface area contributed by atoms with Crippen molar-refractivity contribution < 1.29 is 52.9 Å². The molecule has 0 saturated heterocycles. The van der Waals surface area contributed by atoms with Gasteiger partial charge in [-0.2, -0.15) is 0 Å². The molecular weight excluding hydrogens is 794 g/mol. The van der Waals surface area contributed by atoms with Crippen LogP contribution < -0.4 is 5.73 Å². The van der Waals surface area contributed by atoms with Crippen LogP contribution in [-0.4, -0.2) is 80.4 Å². The highest BCUT2D eigenvalue weighted by Gasteiger charge is 2.26. The number of carboxylic acids is 1. The van der Waals surface area contributed by atoms with Crippen molar-refractivity contribution in [2.45, 2.75) is 192 Å². The molecule has 59 heavy (non-hydrogen) atoms. The van der Waals surface area contributed by atoms with Crippen LogP contribution in [0.1, 0.15) is 168 Å². The summed E-state index contributed by atoms with van der Waals surface area (Å²) in [6.07, 6.45) is 35.9. The molecule has 0 bridgehead atoms. The molecule has 0 aliphatic carbocycles. The van der Waals surface area contributed by atoms with E-state index < -0.39 is 62.4 Å². The van der Waals surface area contributed by atoms with Crippen molar-refractivity contribution in [3.63, 3.8) is 0 Å². The van der Waals surface area contributed by atoms with E-state index in [1.54, 1.807) is 12.2 Å². The molecule has 14 heteroatoms. The van der Waals surface area contributed by atoms with Gasteiger partial charge in [-0.15, -0.1) is 11.8 Å². The predicted octanol–water partition coefficient (Wildman–Crippen LogP) is 10.3. The third-order valence-electron chi connectivity index (χ3n) is 9.52. The summed E-state index contributed by atoms with van der Waals surface area (Å²) in [4.78, 5) is 54.8. The lowest BCUT2D eigenvalue weighted by molar-refractivity contribution is -0.161. The molecule has 6 N–H and O–H groups in total. The Morgan fingerprint density at radius 1 is 0.729 bits per heavy atom. The van der Waals surface area contributed by atoms with Crippen LogP contribution in [0.15, 0.2) is 48.6 Å². The van der Waals surface area contributed by atoms with Gasteiger partial charge in [0.2, 0.25) is 0 Å². The molecule has 0 heterocycles. The lowest BCUT2D eigenvalue weighted by Crippen LogP contribution is -2.38. The maximum Gasteiger partial charge on any atom is 0.469 e. The van der Waals surface area contributed by atoms with Crippen molar-refractivity contribution in [2.75, 3.05) is 19.0 Å². The lowest BCUT2D eigenvalue weighted by atomic mass is 10.0. The molecule has 0 spiro atoms. The summed E-state index contributed by atoms with van der Waals surface area (Å²) < 4.78 is 26.5. The molecule has 0 rings (SSSR count). The summed E-state index contributed by atoms with van der Waals surface area (Å²) in [6.45, 7) is 5.54. The molecule has 342 valence electrons. The molecule has 0 radical (unpaired) electrons. The van der Waals surface area contributed by atoms with E-state index in [-0.39, 0.29) is 31.4 Å². The van der Waals surface area contributed by atoms with Crippen molar-refractivity contribution in [3.05, 3.63) is 48.6 Å². The number of nitrogens with two attached hydrogens (primary N) is 1. The monoisotopic (exact) mass is 874 g/mol. The Labute approximate surface area is 360 Å². The number of phosphoric acid groups is 1. The summed E-state index contributed by atoms with van der Waals surface area (Å²) in [5, 5.41) is 19.3. The first-order valence-electron chi connectivity index (χ1n) is 22.2. The first kappa shape index (κ1) is 56.8. The van der Waals surface area contributed by atoms with E-state index >= 15 is 0 Å². The van der Waals surface area contributed by atoms with Gasteiger partial charge in [-0.25, -0.2) is 4.57 Å². The number of carbonyl (C=O) groups excluding carboxylic acids is 2. The standard InChI is InChI=1S/C45H80NO11PS/c1-4-5-6-7-8-9-10-15-18-21-24-27-32-42(41(47)31-29-33-43(48)49)59-37-40(46)45(51)55-35-39(36-56-58(52,53)54)57-44(50)34-28-25-22-19-16-13-11-12-14-17-20-23-26-30-38(2)3/h8-9,15,18,21,24,27,32,38-42,47H,4-7,10-14,16-17,19-20,22-23,25-26,28-31,33-37,46H2,1-3H3,(H,48,49)(H2,52,53,54)/b9-8-,18-15-,24-21+,32-27+/t39-,40+,41+,42-/m1/s1. The Balaban J connectivity index is 4.79. The van der Waals surface area contributed by atoms with Gasteiger partial charge in [0.15, 0.2) is 6.10 Å². The molecular formula is C45H80NO11PS. The molecule has 12 nitrogen and oxygen atoms in total. The largest absolute Gasteiger partial charge is 0.481 e. The van der Waals surface area contributed by atoms with Gasteiger partial charge < -0.3 is 35.2 Å². The quantitative estimate of drug-likeness (QED) is 0.0128. The topological polar surface area (TPSA) is 203 Å². The van der Waals surface area contributed by atoms with Gasteiger partial charge in [0.1, 0.15) is 12.6 Å². The Hall–Kier alpha value is -2.25. The Morgan fingerprint density at radius 2 is 1.34 bits per heavy atom. The van der Waals surface area contributed by atoms with Crippen LogP contribution in [-0.2, 0) is 32.9 Å².